The van der Waals surface area contributed by atoms with Crippen molar-refractivity contribution in [1.29, 1.82) is 0 Å². The fraction of sp³-hybridized carbons (Fsp3) is 0.692. The fourth-order valence-electron chi connectivity index (χ4n) is 2.43. The molecule has 1 aromatic heterocycles. The molecule has 1 aromatic rings. The summed E-state index contributed by atoms with van der Waals surface area (Å²) in [6.07, 6.45) is 6.52. The largest absolute Gasteiger partial charge is 0.330 e. The van der Waals surface area contributed by atoms with Crippen molar-refractivity contribution in [3.63, 3.8) is 0 Å². The zero-order chi connectivity index (χ0) is 11.5. The van der Waals surface area contributed by atoms with Crippen LogP contribution in [0.25, 0.3) is 0 Å². The number of hydrogen-bond donors (Lipinski definition) is 1. The van der Waals surface area contributed by atoms with E-state index < -0.39 is 0 Å². The summed E-state index contributed by atoms with van der Waals surface area (Å²) in [6.45, 7) is 5.57. The summed E-state index contributed by atoms with van der Waals surface area (Å²) in [5.41, 5.74) is 8.30. The van der Waals surface area contributed by atoms with Gasteiger partial charge in [-0.15, -0.1) is 19.3 Å². The first-order chi connectivity index (χ1) is 7.74. The summed E-state index contributed by atoms with van der Waals surface area (Å²) in [5.74, 6) is 0. The highest BCUT2D eigenvalue weighted by molar-refractivity contribution is 7.57. The van der Waals surface area contributed by atoms with Crippen molar-refractivity contribution in [3.05, 3.63) is 21.4 Å². The summed E-state index contributed by atoms with van der Waals surface area (Å²) in [4.78, 5) is 3.21. The molecule has 1 nitrogen and oxygen atoms in total. The van der Waals surface area contributed by atoms with Crippen LogP contribution < -0.4 is 5.73 Å². The van der Waals surface area contributed by atoms with E-state index in [1.165, 1.54) is 31.8 Å². The second-order valence-corrected chi connectivity index (χ2v) is 8.61. The van der Waals surface area contributed by atoms with Crippen LogP contribution >= 0.6 is 19.3 Å². The van der Waals surface area contributed by atoms with Crippen molar-refractivity contribution in [2.75, 3.05) is 19.4 Å². The van der Waals surface area contributed by atoms with Gasteiger partial charge in [-0.2, -0.15) is 0 Å². The van der Waals surface area contributed by atoms with Crippen LogP contribution in [0.1, 0.15) is 28.7 Å². The number of aryl methyl sites for hydroxylation is 2. The van der Waals surface area contributed by atoms with Gasteiger partial charge in [0.2, 0.25) is 0 Å². The Morgan fingerprint density at radius 2 is 2.38 bits per heavy atom. The molecule has 2 heterocycles. The van der Waals surface area contributed by atoms with Crippen LogP contribution in [0.15, 0.2) is 6.07 Å². The Morgan fingerprint density at radius 1 is 1.56 bits per heavy atom. The maximum absolute atomic E-state index is 5.93. The molecule has 0 saturated carbocycles. The molecule has 0 fully saturated rings. The number of hydrogen-bond acceptors (Lipinski definition) is 2. The van der Waals surface area contributed by atoms with E-state index in [9.17, 15) is 0 Å². The van der Waals surface area contributed by atoms with Crippen molar-refractivity contribution < 1.29 is 0 Å². The summed E-state index contributed by atoms with van der Waals surface area (Å²) in [5, 5.41) is 0. The van der Waals surface area contributed by atoms with Crippen LogP contribution in [-0.4, -0.2) is 25.0 Å². The highest BCUT2D eigenvalue weighted by atomic mass is 32.1. The monoisotopic (exact) mass is 255 g/mol. The molecule has 2 unspecified atom stereocenters. The Kier molecular flexibility index (Phi) is 4.41. The molecule has 0 radical (unpaired) electrons. The van der Waals surface area contributed by atoms with Gasteiger partial charge in [0.05, 0.1) is 0 Å². The lowest BCUT2D eigenvalue weighted by Gasteiger charge is -2.25. The number of nitrogens with two attached hydrogens (primary N) is 1. The second-order valence-electron chi connectivity index (χ2n) is 4.69. The van der Waals surface area contributed by atoms with E-state index in [2.05, 4.69) is 19.7 Å². The summed E-state index contributed by atoms with van der Waals surface area (Å²) in [7, 11) is 0.161. The van der Waals surface area contributed by atoms with Gasteiger partial charge in [-0.1, -0.05) is 6.92 Å². The predicted molar refractivity (Wildman–Crippen MR) is 76.3 cm³/mol. The van der Waals surface area contributed by atoms with Gasteiger partial charge in [0.25, 0.3) is 0 Å². The smallest absolute Gasteiger partial charge is 0.00805 e. The van der Waals surface area contributed by atoms with Crippen LogP contribution in [0, 0.1) is 0 Å². The normalized spacial score (nSPS) is 25.9. The molecular weight excluding hydrogens is 233 g/mol. The van der Waals surface area contributed by atoms with Crippen LogP contribution in [0.5, 0.6) is 0 Å². The van der Waals surface area contributed by atoms with Crippen molar-refractivity contribution in [1.82, 2.24) is 0 Å². The molecule has 0 saturated heterocycles. The van der Waals surface area contributed by atoms with E-state index in [1.807, 2.05) is 11.3 Å². The van der Waals surface area contributed by atoms with Crippen LogP contribution in [-0.2, 0) is 19.3 Å². The first-order valence-electron chi connectivity index (χ1n) is 6.25. The molecular formula is C13H22NPS. The average molecular weight is 255 g/mol. The summed E-state index contributed by atoms with van der Waals surface area (Å²) in [6, 6.07) is 2.44. The maximum Gasteiger partial charge on any atom is 0.00805 e. The highest BCUT2D eigenvalue weighted by Gasteiger charge is 2.21. The lowest BCUT2D eigenvalue weighted by molar-refractivity contribution is 0.802. The molecule has 0 aromatic carbocycles. The fourth-order valence-corrected chi connectivity index (χ4v) is 5.50. The minimum Gasteiger partial charge on any atom is -0.330 e. The Morgan fingerprint density at radius 3 is 3.06 bits per heavy atom. The van der Waals surface area contributed by atoms with Crippen LogP contribution in [0.3, 0.4) is 0 Å². The van der Waals surface area contributed by atoms with Gasteiger partial charge in [-0.25, -0.2) is 0 Å². The Bertz CT molecular complexity index is 348. The van der Waals surface area contributed by atoms with E-state index in [-0.39, 0.29) is 7.92 Å². The molecule has 90 valence electrons. The van der Waals surface area contributed by atoms with Gasteiger partial charge in [0, 0.05) is 9.75 Å². The van der Waals surface area contributed by atoms with Gasteiger partial charge in [0.1, 0.15) is 0 Å². The Labute approximate surface area is 104 Å². The quantitative estimate of drug-likeness (QED) is 0.807. The predicted octanol–water partition coefficient (Wildman–Crippen LogP) is 3.24. The molecule has 16 heavy (non-hydrogen) atoms. The van der Waals surface area contributed by atoms with Gasteiger partial charge in [-0.05, 0) is 62.3 Å². The van der Waals surface area contributed by atoms with Crippen molar-refractivity contribution in [3.8, 4) is 0 Å². The van der Waals surface area contributed by atoms with Gasteiger partial charge in [-0.3, -0.25) is 0 Å². The minimum atomic E-state index is 0.161. The average Bonchev–Trinajstić information content (AvgIpc) is 2.65. The van der Waals surface area contributed by atoms with E-state index >= 15 is 0 Å². The minimum absolute atomic E-state index is 0.161. The third-order valence-corrected chi connectivity index (χ3v) is 7.60. The van der Waals surface area contributed by atoms with Crippen molar-refractivity contribution in [2.24, 2.45) is 5.73 Å². The molecule has 0 aliphatic carbocycles. The topological polar surface area (TPSA) is 26.0 Å². The zero-order valence-electron chi connectivity index (χ0n) is 10.3. The third-order valence-electron chi connectivity index (χ3n) is 3.56. The first kappa shape index (κ1) is 12.5. The van der Waals surface area contributed by atoms with E-state index in [1.54, 1.807) is 15.3 Å². The Hall–Kier alpha value is 0.0900. The molecule has 0 bridgehead atoms. The van der Waals surface area contributed by atoms with E-state index in [4.69, 9.17) is 5.73 Å². The molecule has 3 heteroatoms. The summed E-state index contributed by atoms with van der Waals surface area (Å²) < 4.78 is 0. The summed E-state index contributed by atoms with van der Waals surface area (Å²) >= 11 is 2.04. The molecule has 2 rings (SSSR count). The van der Waals surface area contributed by atoms with Crippen molar-refractivity contribution in [2.45, 2.75) is 38.3 Å². The zero-order valence-corrected chi connectivity index (χ0v) is 12.0. The first-order valence-corrected chi connectivity index (χ1v) is 9.11. The van der Waals surface area contributed by atoms with Gasteiger partial charge < -0.3 is 5.73 Å². The number of rotatable bonds is 2. The lowest BCUT2D eigenvalue weighted by Crippen LogP contribution is -2.23. The second kappa shape index (κ2) is 5.62. The SMILES string of the molecule is CCc1cc2c(s1)CCCP(C)C(CN)C2. The Balaban J connectivity index is 2.23. The third kappa shape index (κ3) is 2.67. The standard InChI is InChI=1S/C13H22NPS/c1-3-12-8-10-7-11(9-14)15(2)6-4-5-13(10)16-12/h8,11H,3-7,9,14H2,1-2H3. The molecule has 0 amide bonds. The van der Waals surface area contributed by atoms with Gasteiger partial charge in [0.15, 0.2) is 0 Å². The molecule has 1 aliphatic heterocycles. The molecule has 2 atom stereocenters. The van der Waals surface area contributed by atoms with E-state index in [0.29, 0.717) is 0 Å². The lowest BCUT2D eigenvalue weighted by atomic mass is 10.1. The molecule has 0 spiro atoms. The number of fused-ring (bicyclic) bond motifs is 1. The van der Waals surface area contributed by atoms with Gasteiger partial charge >= 0.3 is 0 Å². The van der Waals surface area contributed by atoms with Crippen molar-refractivity contribution >= 4 is 19.3 Å². The molecule has 2 N–H and O–H groups in total. The maximum atomic E-state index is 5.93. The highest BCUT2D eigenvalue weighted by Crippen LogP contribution is 2.42. The van der Waals surface area contributed by atoms with Crippen LogP contribution in [0.2, 0.25) is 0 Å². The van der Waals surface area contributed by atoms with Crippen LogP contribution in [0.4, 0.5) is 0 Å². The molecule has 1 aliphatic rings. The van der Waals surface area contributed by atoms with E-state index in [0.717, 1.165) is 12.2 Å². The number of thiophene rings is 1.